The van der Waals surface area contributed by atoms with E-state index in [2.05, 4.69) is 10.2 Å². The van der Waals surface area contributed by atoms with Gasteiger partial charge in [-0.15, -0.1) is 0 Å². The van der Waals surface area contributed by atoms with E-state index in [9.17, 15) is 9.59 Å². The lowest BCUT2D eigenvalue weighted by molar-refractivity contribution is -0.132. The standard InChI is InChI=1S/C28H32Cl2N4O4/c29-25-9-8-23(19-26(25)30)31-28(36)34(13-12-32-14-17-37-18-15-32)21-27(35)33(20-24-7-4-16-38-24)11-10-22-5-2-1-3-6-22/h1-9,16,19H,10-15,17-18,20-21H2,(H,31,36). The van der Waals surface area contributed by atoms with E-state index in [1.807, 2.05) is 36.4 Å². The summed E-state index contributed by atoms with van der Waals surface area (Å²) in [6, 6.07) is 18.2. The zero-order chi connectivity index (χ0) is 26.7. The third kappa shape index (κ3) is 8.49. The molecule has 0 unspecified atom stereocenters. The molecule has 2 aromatic carbocycles. The summed E-state index contributed by atoms with van der Waals surface area (Å²) in [4.78, 5) is 32.4. The quantitative estimate of drug-likeness (QED) is 0.357. The van der Waals surface area contributed by atoms with Gasteiger partial charge in [-0.2, -0.15) is 0 Å². The van der Waals surface area contributed by atoms with Crippen LogP contribution in [0.4, 0.5) is 10.5 Å². The zero-order valence-electron chi connectivity index (χ0n) is 21.2. The molecule has 0 radical (unpaired) electrons. The number of nitrogens with zero attached hydrogens (tertiary/aromatic N) is 3. The van der Waals surface area contributed by atoms with Crippen LogP contribution in [0.25, 0.3) is 0 Å². The minimum Gasteiger partial charge on any atom is -0.467 e. The largest absolute Gasteiger partial charge is 0.467 e. The summed E-state index contributed by atoms with van der Waals surface area (Å²) in [5.41, 5.74) is 1.64. The smallest absolute Gasteiger partial charge is 0.322 e. The highest BCUT2D eigenvalue weighted by Gasteiger charge is 2.24. The lowest BCUT2D eigenvalue weighted by Crippen LogP contribution is -2.48. The Kier molecular flexibility index (Phi) is 10.5. The van der Waals surface area contributed by atoms with E-state index in [0.29, 0.717) is 67.3 Å². The molecular formula is C28H32Cl2N4O4. The summed E-state index contributed by atoms with van der Waals surface area (Å²) in [5.74, 6) is 0.523. The Labute approximate surface area is 233 Å². The number of urea groups is 1. The van der Waals surface area contributed by atoms with Crippen molar-refractivity contribution in [2.75, 3.05) is 57.8 Å². The Balaban J connectivity index is 1.46. The summed E-state index contributed by atoms with van der Waals surface area (Å²) in [5, 5.41) is 3.59. The average molecular weight is 559 g/mol. The number of carbonyl (C=O) groups excluding carboxylic acids is 2. The summed E-state index contributed by atoms with van der Waals surface area (Å²) in [6.07, 6.45) is 2.28. The average Bonchev–Trinajstić information content (AvgIpc) is 3.45. The number of hydrogen-bond donors (Lipinski definition) is 1. The zero-order valence-corrected chi connectivity index (χ0v) is 22.7. The van der Waals surface area contributed by atoms with Crippen molar-refractivity contribution < 1.29 is 18.7 Å². The molecule has 0 saturated carbocycles. The van der Waals surface area contributed by atoms with Gasteiger partial charge in [0.05, 0.1) is 36.1 Å². The number of ether oxygens (including phenoxy) is 1. The minimum atomic E-state index is -0.383. The molecule has 0 atom stereocenters. The molecule has 2 heterocycles. The Morgan fingerprint density at radius 1 is 0.921 bits per heavy atom. The van der Waals surface area contributed by atoms with Gasteiger partial charge in [-0.3, -0.25) is 9.69 Å². The van der Waals surface area contributed by atoms with Gasteiger partial charge in [-0.05, 0) is 42.3 Å². The van der Waals surface area contributed by atoms with Crippen LogP contribution in [0.1, 0.15) is 11.3 Å². The van der Waals surface area contributed by atoms with Crippen molar-refractivity contribution >= 4 is 40.8 Å². The van der Waals surface area contributed by atoms with Crippen LogP contribution >= 0.6 is 23.2 Å². The number of halogens is 2. The van der Waals surface area contributed by atoms with Crippen molar-refractivity contribution in [1.29, 1.82) is 0 Å². The highest BCUT2D eigenvalue weighted by atomic mass is 35.5. The van der Waals surface area contributed by atoms with Gasteiger partial charge in [-0.1, -0.05) is 53.5 Å². The Morgan fingerprint density at radius 3 is 2.42 bits per heavy atom. The highest BCUT2D eigenvalue weighted by molar-refractivity contribution is 6.42. The fourth-order valence-corrected chi connectivity index (χ4v) is 4.47. The fraction of sp³-hybridized carbons (Fsp3) is 0.357. The van der Waals surface area contributed by atoms with E-state index in [1.54, 1.807) is 35.4 Å². The molecule has 38 heavy (non-hydrogen) atoms. The second kappa shape index (κ2) is 14.2. The van der Waals surface area contributed by atoms with Gasteiger partial charge in [0.15, 0.2) is 0 Å². The van der Waals surface area contributed by atoms with Crippen LogP contribution in [-0.4, -0.2) is 79.1 Å². The molecule has 10 heteroatoms. The van der Waals surface area contributed by atoms with Gasteiger partial charge < -0.3 is 24.3 Å². The van der Waals surface area contributed by atoms with E-state index >= 15 is 0 Å². The van der Waals surface area contributed by atoms with E-state index in [0.717, 1.165) is 18.7 Å². The van der Waals surface area contributed by atoms with Crippen LogP contribution in [0.2, 0.25) is 10.0 Å². The molecule has 0 aliphatic carbocycles. The Hall–Kier alpha value is -3.04. The van der Waals surface area contributed by atoms with Gasteiger partial charge in [0.25, 0.3) is 0 Å². The van der Waals surface area contributed by atoms with E-state index in [1.165, 1.54) is 4.90 Å². The van der Waals surface area contributed by atoms with Gasteiger partial charge >= 0.3 is 6.03 Å². The first-order chi connectivity index (χ1) is 18.5. The number of benzene rings is 2. The molecule has 1 aliphatic heterocycles. The predicted molar refractivity (Wildman–Crippen MR) is 149 cm³/mol. The van der Waals surface area contributed by atoms with Crippen LogP contribution in [-0.2, 0) is 22.5 Å². The van der Waals surface area contributed by atoms with E-state index in [4.69, 9.17) is 32.4 Å². The van der Waals surface area contributed by atoms with Crippen molar-refractivity contribution in [2.45, 2.75) is 13.0 Å². The SMILES string of the molecule is O=C(CN(CCN1CCOCC1)C(=O)Nc1ccc(Cl)c(Cl)c1)N(CCc1ccccc1)Cc1ccco1. The highest BCUT2D eigenvalue weighted by Crippen LogP contribution is 2.25. The first-order valence-electron chi connectivity index (χ1n) is 12.6. The molecule has 1 aromatic heterocycles. The molecule has 4 rings (SSSR count). The lowest BCUT2D eigenvalue weighted by Gasteiger charge is -2.31. The third-order valence-corrected chi connectivity index (χ3v) is 7.11. The second-order valence-electron chi connectivity index (χ2n) is 9.06. The van der Waals surface area contributed by atoms with Crippen LogP contribution in [0.5, 0.6) is 0 Å². The third-order valence-electron chi connectivity index (χ3n) is 6.37. The maximum Gasteiger partial charge on any atom is 0.322 e. The summed E-state index contributed by atoms with van der Waals surface area (Å²) in [6.45, 7) is 4.65. The normalized spacial score (nSPS) is 13.7. The van der Waals surface area contributed by atoms with Crippen molar-refractivity contribution in [3.05, 3.63) is 88.3 Å². The second-order valence-corrected chi connectivity index (χ2v) is 9.88. The van der Waals surface area contributed by atoms with Gasteiger partial charge in [0.2, 0.25) is 5.91 Å². The van der Waals surface area contributed by atoms with Crippen molar-refractivity contribution in [1.82, 2.24) is 14.7 Å². The molecule has 3 aromatic rings. The topological polar surface area (TPSA) is 78.3 Å². The lowest BCUT2D eigenvalue weighted by atomic mass is 10.1. The molecule has 0 bridgehead atoms. The maximum absolute atomic E-state index is 13.6. The first-order valence-corrected chi connectivity index (χ1v) is 13.4. The molecular weight excluding hydrogens is 527 g/mol. The number of hydrogen-bond acceptors (Lipinski definition) is 5. The fourth-order valence-electron chi connectivity index (χ4n) is 4.17. The number of furan rings is 1. The molecule has 202 valence electrons. The van der Waals surface area contributed by atoms with Crippen LogP contribution in [0.15, 0.2) is 71.3 Å². The number of carbonyl (C=O) groups is 2. The maximum atomic E-state index is 13.6. The number of morpholine rings is 1. The molecule has 1 saturated heterocycles. The predicted octanol–water partition coefficient (Wildman–Crippen LogP) is 5.02. The summed E-state index contributed by atoms with van der Waals surface area (Å²) >= 11 is 12.2. The number of rotatable bonds is 11. The Bertz CT molecular complexity index is 1170. The number of nitrogens with one attached hydrogen (secondary N) is 1. The van der Waals surface area contributed by atoms with Gasteiger partial charge in [0.1, 0.15) is 12.3 Å². The number of anilines is 1. The first kappa shape index (κ1) is 28.0. The van der Waals surface area contributed by atoms with Gasteiger partial charge in [-0.25, -0.2) is 4.79 Å². The molecule has 1 N–H and O–H groups in total. The van der Waals surface area contributed by atoms with Crippen LogP contribution in [0.3, 0.4) is 0 Å². The molecule has 1 fully saturated rings. The number of amides is 3. The van der Waals surface area contributed by atoms with Crippen molar-refractivity contribution in [2.24, 2.45) is 0 Å². The van der Waals surface area contributed by atoms with Crippen molar-refractivity contribution in [3.8, 4) is 0 Å². The molecule has 8 nitrogen and oxygen atoms in total. The van der Waals surface area contributed by atoms with E-state index in [-0.39, 0.29) is 18.5 Å². The monoisotopic (exact) mass is 558 g/mol. The van der Waals surface area contributed by atoms with Crippen molar-refractivity contribution in [3.63, 3.8) is 0 Å². The molecule has 0 spiro atoms. The Morgan fingerprint density at radius 2 is 1.71 bits per heavy atom. The summed E-state index contributed by atoms with van der Waals surface area (Å²) in [7, 11) is 0. The van der Waals surface area contributed by atoms with Crippen LogP contribution in [0, 0.1) is 0 Å². The minimum absolute atomic E-state index is 0.0764. The molecule has 3 amide bonds. The molecule has 1 aliphatic rings. The summed E-state index contributed by atoms with van der Waals surface area (Å²) < 4.78 is 11.0. The van der Waals surface area contributed by atoms with E-state index < -0.39 is 0 Å². The van der Waals surface area contributed by atoms with Gasteiger partial charge in [0, 0.05) is 38.4 Å². The van der Waals surface area contributed by atoms with Crippen LogP contribution < -0.4 is 5.32 Å².